The lowest BCUT2D eigenvalue weighted by Gasteiger charge is -2.25. The molecule has 4 aromatic rings. The van der Waals surface area contributed by atoms with Gasteiger partial charge in [-0.05, 0) is 43.0 Å². The van der Waals surface area contributed by atoms with Crippen molar-refractivity contribution >= 4 is 34.6 Å². The van der Waals surface area contributed by atoms with Gasteiger partial charge in [0.2, 0.25) is 17.7 Å². The first-order valence-electron chi connectivity index (χ1n) is 14.9. The van der Waals surface area contributed by atoms with Crippen molar-refractivity contribution in [3.8, 4) is 0 Å². The van der Waals surface area contributed by atoms with E-state index >= 15 is 0 Å². The largest absolute Gasteiger partial charge is 0.480 e. The third kappa shape index (κ3) is 9.49. The van der Waals surface area contributed by atoms with E-state index in [1.165, 1.54) is 6.33 Å². The highest BCUT2D eigenvalue weighted by atomic mass is 16.4. The Bertz CT molecular complexity index is 1560. The number of H-pyrrole nitrogens is 2. The fraction of sp³-hybridized carbons (Fsp3) is 0.344. The molecule has 0 aliphatic heterocycles. The summed E-state index contributed by atoms with van der Waals surface area (Å²) in [6, 6.07) is 12.3. The number of carbonyl (C=O) groups excluding carboxylic acids is 3. The van der Waals surface area contributed by atoms with Crippen LogP contribution in [-0.4, -0.2) is 74.5 Å². The number of carboxylic acids is 1. The summed E-state index contributed by atoms with van der Waals surface area (Å²) in [4.78, 5) is 62.4. The van der Waals surface area contributed by atoms with Crippen LogP contribution in [-0.2, 0) is 38.4 Å². The molecule has 4 atom stereocenters. The maximum absolute atomic E-state index is 13.7. The van der Waals surface area contributed by atoms with Crippen molar-refractivity contribution in [1.29, 1.82) is 0 Å². The number of fused-ring (bicyclic) bond motifs is 1. The smallest absolute Gasteiger partial charge is 0.326 e. The average Bonchev–Trinajstić information content (AvgIpc) is 3.70. The van der Waals surface area contributed by atoms with Crippen LogP contribution in [0.15, 0.2) is 73.3 Å². The van der Waals surface area contributed by atoms with Gasteiger partial charge in [-0.2, -0.15) is 0 Å². The van der Waals surface area contributed by atoms with E-state index in [2.05, 4.69) is 30.9 Å². The van der Waals surface area contributed by atoms with E-state index in [9.17, 15) is 24.3 Å². The number of unbranched alkanes of at least 4 members (excludes halogenated alkanes) is 1. The molecule has 2 aromatic heterocycles. The number of aliphatic carboxylic acids is 1. The maximum Gasteiger partial charge on any atom is 0.326 e. The molecule has 4 unspecified atom stereocenters. The molecule has 0 saturated carbocycles. The van der Waals surface area contributed by atoms with Crippen molar-refractivity contribution in [3.63, 3.8) is 0 Å². The average molecular weight is 617 g/mol. The SMILES string of the molecule is NCCCCC(NC(=O)C(Cc1ccccc1)NC(=O)C(N)Cc1cnc[nH]1)C(=O)NC(Cc1c[nH]c2ccccc12)C(=O)O. The maximum atomic E-state index is 13.7. The summed E-state index contributed by atoms with van der Waals surface area (Å²) in [5, 5.41) is 18.9. The van der Waals surface area contributed by atoms with Crippen LogP contribution >= 0.6 is 0 Å². The second kappa shape index (κ2) is 16.2. The number of nitrogens with two attached hydrogens (primary N) is 2. The van der Waals surface area contributed by atoms with Gasteiger partial charge in [0.15, 0.2) is 0 Å². The second-order valence-electron chi connectivity index (χ2n) is 10.9. The Morgan fingerprint density at radius 2 is 1.49 bits per heavy atom. The van der Waals surface area contributed by atoms with Gasteiger partial charge in [-0.15, -0.1) is 0 Å². The summed E-state index contributed by atoms with van der Waals surface area (Å²) in [6.45, 7) is 0.390. The van der Waals surface area contributed by atoms with E-state index < -0.39 is 47.9 Å². The van der Waals surface area contributed by atoms with Crippen molar-refractivity contribution < 1.29 is 24.3 Å². The van der Waals surface area contributed by atoms with E-state index in [1.54, 1.807) is 12.4 Å². The number of aromatic nitrogens is 3. The molecule has 2 heterocycles. The van der Waals surface area contributed by atoms with Gasteiger partial charge in [0.1, 0.15) is 18.1 Å². The molecule has 4 rings (SSSR count). The summed E-state index contributed by atoms with van der Waals surface area (Å²) in [5.74, 6) is -3.00. The zero-order chi connectivity index (χ0) is 32.2. The van der Waals surface area contributed by atoms with E-state index in [-0.39, 0.29) is 25.7 Å². The zero-order valence-electron chi connectivity index (χ0n) is 24.9. The van der Waals surface area contributed by atoms with Crippen molar-refractivity contribution in [3.05, 3.63) is 90.1 Å². The molecule has 0 aliphatic carbocycles. The highest BCUT2D eigenvalue weighted by Gasteiger charge is 2.31. The molecule has 0 saturated heterocycles. The third-order valence-corrected chi connectivity index (χ3v) is 7.54. The molecule has 13 heteroatoms. The molecule has 3 amide bonds. The number of hydrogen-bond donors (Lipinski definition) is 8. The molecule has 10 N–H and O–H groups in total. The topological polar surface area (TPSA) is 221 Å². The first kappa shape index (κ1) is 32.9. The van der Waals surface area contributed by atoms with Crippen LogP contribution < -0.4 is 27.4 Å². The highest BCUT2D eigenvalue weighted by Crippen LogP contribution is 2.19. The van der Waals surface area contributed by atoms with E-state index in [4.69, 9.17) is 11.5 Å². The predicted octanol–water partition coefficient (Wildman–Crippen LogP) is 0.914. The van der Waals surface area contributed by atoms with Crippen molar-refractivity contribution in [2.45, 2.75) is 62.7 Å². The Hall–Kier alpha value is -5.01. The fourth-order valence-electron chi connectivity index (χ4n) is 5.09. The Labute approximate surface area is 260 Å². The molecule has 0 bridgehead atoms. The van der Waals surface area contributed by atoms with Gasteiger partial charge < -0.3 is 42.5 Å². The molecule has 0 aliphatic rings. The van der Waals surface area contributed by atoms with Gasteiger partial charge in [-0.1, -0.05) is 48.5 Å². The fourth-order valence-corrected chi connectivity index (χ4v) is 5.09. The molecule has 238 valence electrons. The molecule has 0 radical (unpaired) electrons. The number of para-hydroxylation sites is 1. The van der Waals surface area contributed by atoms with Gasteiger partial charge in [-0.25, -0.2) is 9.78 Å². The van der Waals surface area contributed by atoms with Crippen molar-refractivity contribution in [2.24, 2.45) is 11.5 Å². The number of nitrogens with zero attached hydrogens (tertiary/aromatic N) is 1. The van der Waals surface area contributed by atoms with Crippen LogP contribution in [0.25, 0.3) is 10.9 Å². The van der Waals surface area contributed by atoms with Gasteiger partial charge in [0, 0.05) is 48.3 Å². The highest BCUT2D eigenvalue weighted by molar-refractivity contribution is 5.94. The zero-order valence-corrected chi connectivity index (χ0v) is 24.9. The summed E-state index contributed by atoms with van der Waals surface area (Å²) < 4.78 is 0. The predicted molar refractivity (Wildman–Crippen MR) is 169 cm³/mol. The summed E-state index contributed by atoms with van der Waals surface area (Å²) >= 11 is 0. The minimum Gasteiger partial charge on any atom is -0.480 e. The summed E-state index contributed by atoms with van der Waals surface area (Å²) in [7, 11) is 0. The monoisotopic (exact) mass is 616 g/mol. The molecule has 13 nitrogen and oxygen atoms in total. The lowest BCUT2D eigenvalue weighted by Crippen LogP contribution is -2.58. The van der Waals surface area contributed by atoms with E-state index in [1.807, 2.05) is 54.6 Å². The number of imidazole rings is 1. The number of rotatable bonds is 17. The third-order valence-electron chi connectivity index (χ3n) is 7.54. The minimum absolute atomic E-state index is 0.0372. The normalized spacial score (nSPS) is 13.8. The Morgan fingerprint density at radius 3 is 2.20 bits per heavy atom. The van der Waals surface area contributed by atoms with Crippen LogP contribution in [0.4, 0.5) is 0 Å². The molecule has 2 aromatic carbocycles. The summed E-state index contributed by atoms with van der Waals surface area (Å²) in [6.07, 6.45) is 6.47. The summed E-state index contributed by atoms with van der Waals surface area (Å²) in [5.41, 5.74) is 14.8. The molecular formula is C32H40N8O5. The Balaban J connectivity index is 1.49. The van der Waals surface area contributed by atoms with Crippen LogP contribution in [0.2, 0.25) is 0 Å². The number of amides is 3. The van der Waals surface area contributed by atoms with E-state index in [0.717, 1.165) is 22.0 Å². The minimum atomic E-state index is -1.24. The van der Waals surface area contributed by atoms with Crippen molar-refractivity contribution in [1.82, 2.24) is 30.9 Å². The standard InChI is InChI=1S/C32H40N8O5/c33-13-7-6-12-26(30(42)40-28(32(44)45)15-21-17-36-25-11-5-4-10-23(21)25)38-31(43)27(14-20-8-2-1-3-9-20)39-29(41)24(34)16-22-18-35-19-37-22/h1-5,8-11,17-19,24,26-28,36H,6-7,12-16,33-34H2,(H,35,37)(H,38,43)(H,39,41)(H,40,42)(H,44,45). The Morgan fingerprint density at radius 1 is 0.800 bits per heavy atom. The Kier molecular flexibility index (Phi) is 11.8. The number of benzene rings is 2. The quantitative estimate of drug-likeness (QED) is 0.0795. The lowest BCUT2D eigenvalue weighted by atomic mass is 10.0. The second-order valence-corrected chi connectivity index (χ2v) is 10.9. The van der Waals surface area contributed by atoms with Crippen LogP contribution in [0.1, 0.15) is 36.1 Å². The van der Waals surface area contributed by atoms with Gasteiger partial charge in [-0.3, -0.25) is 14.4 Å². The number of hydrogen-bond acceptors (Lipinski definition) is 7. The van der Waals surface area contributed by atoms with Crippen molar-refractivity contribution in [2.75, 3.05) is 6.54 Å². The molecular weight excluding hydrogens is 576 g/mol. The molecule has 0 spiro atoms. The van der Waals surface area contributed by atoms with Crippen LogP contribution in [0.3, 0.4) is 0 Å². The number of carbonyl (C=O) groups is 4. The number of carboxylic acid groups (broad SMARTS) is 1. The van der Waals surface area contributed by atoms with E-state index in [0.29, 0.717) is 25.1 Å². The van der Waals surface area contributed by atoms with Gasteiger partial charge >= 0.3 is 5.97 Å². The first-order chi connectivity index (χ1) is 21.7. The molecule has 0 fully saturated rings. The van der Waals surface area contributed by atoms with Gasteiger partial charge in [0.25, 0.3) is 0 Å². The number of aromatic amines is 2. The lowest BCUT2D eigenvalue weighted by molar-refractivity contribution is -0.142. The van der Waals surface area contributed by atoms with Crippen LogP contribution in [0, 0.1) is 0 Å². The van der Waals surface area contributed by atoms with Gasteiger partial charge in [0.05, 0.1) is 12.4 Å². The first-order valence-corrected chi connectivity index (χ1v) is 14.9. The number of nitrogens with one attached hydrogen (secondary N) is 5. The molecule has 45 heavy (non-hydrogen) atoms. The van der Waals surface area contributed by atoms with Crippen LogP contribution in [0.5, 0.6) is 0 Å².